The highest BCUT2D eigenvalue weighted by atomic mass is 32.1. The summed E-state index contributed by atoms with van der Waals surface area (Å²) in [5.41, 5.74) is 7.87. The van der Waals surface area contributed by atoms with E-state index in [0.717, 1.165) is 61.6 Å². The molecule has 1 fully saturated rings. The van der Waals surface area contributed by atoms with Crippen molar-refractivity contribution in [1.82, 2.24) is 14.9 Å². The molecular formula is C22H27N5O2S. The number of fused-ring (bicyclic) bond motifs is 1. The lowest BCUT2D eigenvalue weighted by molar-refractivity contribution is 0.0529. The van der Waals surface area contributed by atoms with Crippen molar-refractivity contribution in [3.63, 3.8) is 0 Å². The molecule has 0 radical (unpaired) electrons. The molecular weight excluding hydrogens is 398 g/mol. The van der Waals surface area contributed by atoms with Gasteiger partial charge in [-0.25, -0.2) is 9.78 Å². The molecule has 0 atom stereocenters. The zero-order valence-electron chi connectivity index (χ0n) is 17.2. The van der Waals surface area contributed by atoms with Crippen LogP contribution in [-0.4, -0.2) is 60.2 Å². The van der Waals surface area contributed by atoms with Gasteiger partial charge in [-0.2, -0.15) is 4.98 Å². The average molecular weight is 426 g/mol. The van der Waals surface area contributed by atoms with Gasteiger partial charge in [-0.15, -0.1) is 11.3 Å². The maximum absolute atomic E-state index is 12.4. The van der Waals surface area contributed by atoms with Crippen LogP contribution in [0, 0.1) is 0 Å². The van der Waals surface area contributed by atoms with Crippen LogP contribution in [0.4, 0.5) is 11.8 Å². The first-order valence-electron chi connectivity index (χ1n) is 10.4. The molecule has 0 unspecified atom stereocenters. The van der Waals surface area contributed by atoms with E-state index in [-0.39, 0.29) is 11.9 Å². The minimum Gasteiger partial charge on any atom is -0.462 e. The molecule has 1 aliphatic rings. The van der Waals surface area contributed by atoms with E-state index in [0.29, 0.717) is 12.2 Å². The van der Waals surface area contributed by atoms with Crippen LogP contribution in [-0.2, 0) is 11.2 Å². The van der Waals surface area contributed by atoms with Crippen molar-refractivity contribution < 1.29 is 9.53 Å². The number of thiophene rings is 1. The summed E-state index contributed by atoms with van der Waals surface area (Å²) in [6.45, 7) is 6.82. The Kier molecular flexibility index (Phi) is 6.44. The molecule has 158 valence electrons. The molecule has 7 nitrogen and oxygen atoms in total. The molecule has 8 heteroatoms. The van der Waals surface area contributed by atoms with Crippen LogP contribution >= 0.6 is 11.3 Å². The standard InChI is InChI=1S/C22H27N5O2S/c1-2-29-21(28)17-15-30-20-18(17)19(24-22(23)25-20)27-13-11-26(12-14-27)10-6-9-16-7-4-3-5-8-16/h3-5,7-8,15H,2,6,9-14H2,1H3,(H2,23,24,25). The van der Waals surface area contributed by atoms with Gasteiger partial charge < -0.3 is 15.4 Å². The summed E-state index contributed by atoms with van der Waals surface area (Å²) in [7, 11) is 0. The number of carbonyl (C=O) groups excluding carboxylic acids is 1. The van der Waals surface area contributed by atoms with Crippen molar-refractivity contribution in [2.24, 2.45) is 0 Å². The molecule has 4 rings (SSSR count). The lowest BCUT2D eigenvalue weighted by Crippen LogP contribution is -2.47. The summed E-state index contributed by atoms with van der Waals surface area (Å²) in [5, 5.41) is 2.55. The summed E-state index contributed by atoms with van der Waals surface area (Å²) in [6.07, 6.45) is 2.24. The van der Waals surface area contributed by atoms with Gasteiger partial charge in [0.05, 0.1) is 17.6 Å². The van der Waals surface area contributed by atoms with Crippen LogP contribution in [0.3, 0.4) is 0 Å². The van der Waals surface area contributed by atoms with Crippen LogP contribution in [0.5, 0.6) is 0 Å². The predicted molar refractivity (Wildman–Crippen MR) is 121 cm³/mol. The maximum atomic E-state index is 12.4. The molecule has 2 aromatic heterocycles. The van der Waals surface area contributed by atoms with Crippen molar-refractivity contribution >= 4 is 39.3 Å². The zero-order valence-corrected chi connectivity index (χ0v) is 18.0. The first-order valence-corrected chi connectivity index (χ1v) is 11.3. The van der Waals surface area contributed by atoms with Crippen molar-refractivity contribution in [3.8, 4) is 0 Å². The fourth-order valence-electron chi connectivity index (χ4n) is 3.86. The number of nitrogens with two attached hydrogens (primary N) is 1. The van der Waals surface area contributed by atoms with E-state index in [2.05, 4.69) is 50.1 Å². The Balaban J connectivity index is 1.42. The van der Waals surface area contributed by atoms with E-state index in [1.807, 2.05) is 0 Å². The van der Waals surface area contributed by atoms with Gasteiger partial charge in [0.1, 0.15) is 10.6 Å². The molecule has 1 saturated heterocycles. The second-order valence-electron chi connectivity index (χ2n) is 7.37. The van der Waals surface area contributed by atoms with Crippen molar-refractivity contribution in [2.75, 3.05) is 50.0 Å². The average Bonchev–Trinajstić information content (AvgIpc) is 3.18. The molecule has 1 aliphatic heterocycles. The third-order valence-electron chi connectivity index (χ3n) is 5.38. The minimum atomic E-state index is -0.335. The van der Waals surface area contributed by atoms with Gasteiger partial charge in [0.15, 0.2) is 0 Å². The van der Waals surface area contributed by atoms with Gasteiger partial charge >= 0.3 is 5.97 Å². The molecule has 0 spiro atoms. The number of hydrogen-bond acceptors (Lipinski definition) is 8. The fourth-order valence-corrected chi connectivity index (χ4v) is 4.77. The highest BCUT2D eigenvalue weighted by Gasteiger charge is 2.25. The highest BCUT2D eigenvalue weighted by Crippen LogP contribution is 2.33. The molecule has 2 N–H and O–H groups in total. The predicted octanol–water partition coefficient (Wildman–Crippen LogP) is 3.21. The second kappa shape index (κ2) is 9.40. The van der Waals surface area contributed by atoms with E-state index in [9.17, 15) is 4.79 Å². The Morgan fingerprint density at radius 2 is 1.93 bits per heavy atom. The molecule has 0 amide bonds. The number of benzene rings is 1. The number of ether oxygens (including phenoxy) is 1. The fraction of sp³-hybridized carbons (Fsp3) is 0.409. The third kappa shape index (κ3) is 4.55. The number of esters is 1. The van der Waals surface area contributed by atoms with Gasteiger partial charge in [0.2, 0.25) is 5.95 Å². The van der Waals surface area contributed by atoms with Crippen LogP contribution < -0.4 is 10.6 Å². The van der Waals surface area contributed by atoms with E-state index < -0.39 is 0 Å². The largest absolute Gasteiger partial charge is 0.462 e. The van der Waals surface area contributed by atoms with Gasteiger partial charge in [0, 0.05) is 31.6 Å². The van der Waals surface area contributed by atoms with Crippen LogP contribution in [0.15, 0.2) is 35.7 Å². The summed E-state index contributed by atoms with van der Waals surface area (Å²) in [4.78, 5) is 26.6. The number of piperazine rings is 1. The van der Waals surface area contributed by atoms with Crippen molar-refractivity contribution in [1.29, 1.82) is 0 Å². The Morgan fingerprint density at radius 3 is 2.67 bits per heavy atom. The van der Waals surface area contributed by atoms with Crippen LogP contribution in [0.2, 0.25) is 0 Å². The van der Waals surface area contributed by atoms with Crippen LogP contribution in [0.1, 0.15) is 29.3 Å². The summed E-state index contributed by atoms with van der Waals surface area (Å²) < 4.78 is 5.22. The van der Waals surface area contributed by atoms with Gasteiger partial charge in [-0.1, -0.05) is 30.3 Å². The van der Waals surface area contributed by atoms with Gasteiger partial charge in [-0.3, -0.25) is 4.90 Å². The number of nitrogen functional groups attached to an aromatic ring is 1. The van der Waals surface area contributed by atoms with Crippen molar-refractivity contribution in [3.05, 3.63) is 46.8 Å². The molecule has 0 aliphatic carbocycles. The Morgan fingerprint density at radius 1 is 1.17 bits per heavy atom. The van der Waals surface area contributed by atoms with Crippen molar-refractivity contribution in [2.45, 2.75) is 19.8 Å². The van der Waals surface area contributed by atoms with E-state index in [1.54, 1.807) is 12.3 Å². The Labute approximate surface area is 180 Å². The van der Waals surface area contributed by atoms with Gasteiger partial charge in [-0.05, 0) is 31.9 Å². The summed E-state index contributed by atoms with van der Waals surface area (Å²) in [5.74, 6) is 0.642. The topological polar surface area (TPSA) is 84.6 Å². The first-order chi connectivity index (χ1) is 14.7. The molecule has 1 aromatic carbocycles. The van der Waals surface area contributed by atoms with E-state index in [1.165, 1.54) is 16.9 Å². The number of nitrogens with zero attached hydrogens (tertiary/aromatic N) is 4. The Hall–Kier alpha value is -2.71. The number of anilines is 2. The highest BCUT2D eigenvalue weighted by molar-refractivity contribution is 7.17. The molecule has 0 saturated carbocycles. The lowest BCUT2D eigenvalue weighted by atomic mass is 10.1. The summed E-state index contributed by atoms with van der Waals surface area (Å²) >= 11 is 1.40. The Bertz CT molecular complexity index is 999. The molecule has 30 heavy (non-hydrogen) atoms. The monoisotopic (exact) mass is 425 g/mol. The third-order valence-corrected chi connectivity index (χ3v) is 6.25. The second-order valence-corrected chi connectivity index (χ2v) is 8.23. The SMILES string of the molecule is CCOC(=O)c1csc2nc(N)nc(N3CCN(CCCc4ccccc4)CC3)c12. The quantitative estimate of drug-likeness (QED) is 0.582. The molecule has 3 heterocycles. The normalized spacial score (nSPS) is 14.9. The molecule has 3 aromatic rings. The van der Waals surface area contributed by atoms with E-state index in [4.69, 9.17) is 10.5 Å². The minimum absolute atomic E-state index is 0.236. The molecule has 0 bridgehead atoms. The number of aromatic nitrogens is 2. The number of rotatable bonds is 7. The zero-order chi connectivity index (χ0) is 20.9. The van der Waals surface area contributed by atoms with Crippen LogP contribution in [0.25, 0.3) is 10.2 Å². The number of aryl methyl sites for hydroxylation is 1. The smallest absolute Gasteiger partial charge is 0.339 e. The summed E-state index contributed by atoms with van der Waals surface area (Å²) in [6, 6.07) is 10.6. The number of carbonyl (C=O) groups is 1. The number of hydrogen-bond donors (Lipinski definition) is 1. The lowest BCUT2D eigenvalue weighted by Gasteiger charge is -2.35. The maximum Gasteiger partial charge on any atom is 0.339 e. The van der Waals surface area contributed by atoms with Gasteiger partial charge in [0.25, 0.3) is 0 Å². The first kappa shape index (κ1) is 20.6. The van der Waals surface area contributed by atoms with E-state index >= 15 is 0 Å².